The standard InChI is InChI=1S/C15H10F3N3O/c16-15(17,18)22-11-3-1-9(2-4-11)12-7-10(19)8-13-14(12)21-6-5-20-13/h1-8H,19H2. The fraction of sp³-hybridized carbons (Fsp3) is 0.0667. The van der Waals surface area contributed by atoms with E-state index in [4.69, 9.17) is 5.73 Å². The Morgan fingerprint density at radius 2 is 1.64 bits per heavy atom. The zero-order valence-electron chi connectivity index (χ0n) is 11.1. The maximum absolute atomic E-state index is 12.2. The summed E-state index contributed by atoms with van der Waals surface area (Å²) in [7, 11) is 0. The summed E-state index contributed by atoms with van der Waals surface area (Å²) in [6.45, 7) is 0. The molecular formula is C15H10F3N3O. The van der Waals surface area contributed by atoms with Crippen molar-refractivity contribution in [2.24, 2.45) is 0 Å². The number of fused-ring (bicyclic) bond motifs is 1. The number of rotatable bonds is 2. The van der Waals surface area contributed by atoms with Gasteiger partial charge in [-0.25, -0.2) is 0 Å². The molecule has 0 fully saturated rings. The average Bonchev–Trinajstić information content (AvgIpc) is 2.45. The van der Waals surface area contributed by atoms with Gasteiger partial charge in [-0.15, -0.1) is 13.2 Å². The predicted octanol–water partition coefficient (Wildman–Crippen LogP) is 3.78. The van der Waals surface area contributed by atoms with E-state index in [9.17, 15) is 13.2 Å². The molecule has 0 aliphatic rings. The molecule has 0 saturated carbocycles. The minimum atomic E-state index is -4.71. The van der Waals surface area contributed by atoms with Crippen LogP contribution in [0.4, 0.5) is 18.9 Å². The second-order valence-corrected chi connectivity index (χ2v) is 4.56. The number of anilines is 1. The molecule has 0 aliphatic heterocycles. The molecule has 0 aliphatic carbocycles. The van der Waals surface area contributed by atoms with Crippen LogP contribution in [0.3, 0.4) is 0 Å². The van der Waals surface area contributed by atoms with Crippen molar-refractivity contribution in [3.05, 3.63) is 48.8 Å². The van der Waals surface area contributed by atoms with E-state index in [1.54, 1.807) is 24.5 Å². The van der Waals surface area contributed by atoms with E-state index in [0.717, 1.165) is 0 Å². The van der Waals surface area contributed by atoms with Gasteiger partial charge in [-0.2, -0.15) is 0 Å². The lowest BCUT2D eigenvalue weighted by atomic mass is 10.0. The second kappa shape index (κ2) is 5.18. The maximum atomic E-state index is 12.2. The molecule has 3 rings (SSSR count). The van der Waals surface area contributed by atoms with Gasteiger partial charge in [0, 0.05) is 23.6 Å². The van der Waals surface area contributed by atoms with Gasteiger partial charge in [0.1, 0.15) is 5.75 Å². The van der Waals surface area contributed by atoms with Crippen LogP contribution in [-0.2, 0) is 0 Å². The van der Waals surface area contributed by atoms with Crippen molar-refractivity contribution in [2.75, 3.05) is 5.73 Å². The molecule has 1 aromatic heterocycles. The predicted molar refractivity (Wildman–Crippen MR) is 76.1 cm³/mol. The Kier molecular flexibility index (Phi) is 3.32. The SMILES string of the molecule is Nc1cc(-c2ccc(OC(F)(F)F)cc2)c2nccnc2c1. The fourth-order valence-electron chi connectivity index (χ4n) is 2.15. The molecule has 0 saturated heterocycles. The van der Waals surface area contributed by atoms with Crippen molar-refractivity contribution < 1.29 is 17.9 Å². The van der Waals surface area contributed by atoms with E-state index in [0.29, 0.717) is 27.8 Å². The number of hydrogen-bond acceptors (Lipinski definition) is 4. The molecule has 0 atom stereocenters. The van der Waals surface area contributed by atoms with Crippen molar-refractivity contribution in [3.63, 3.8) is 0 Å². The van der Waals surface area contributed by atoms with Crippen LogP contribution in [0, 0.1) is 0 Å². The van der Waals surface area contributed by atoms with Crippen molar-refractivity contribution in [3.8, 4) is 16.9 Å². The first-order chi connectivity index (χ1) is 10.4. The Morgan fingerprint density at radius 1 is 0.955 bits per heavy atom. The third-order valence-corrected chi connectivity index (χ3v) is 2.99. The zero-order valence-corrected chi connectivity index (χ0v) is 11.1. The number of halogens is 3. The normalized spacial score (nSPS) is 11.6. The quantitative estimate of drug-likeness (QED) is 0.732. The van der Waals surface area contributed by atoms with Crippen molar-refractivity contribution in [1.29, 1.82) is 0 Å². The van der Waals surface area contributed by atoms with Gasteiger partial charge in [0.25, 0.3) is 0 Å². The van der Waals surface area contributed by atoms with Crippen LogP contribution in [0.15, 0.2) is 48.8 Å². The Morgan fingerprint density at radius 3 is 2.32 bits per heavy atom. The van der Waals surface area contributed by atoms with E-state index in [-0.39, 0.29) is 5.75 Å². The van der Waals surface area contributed by atoms with E-state index in [1.165, 1.54) is 24.3 Å². The molecule has 7 heteroatoms. The van der Waals surface area contributed by atoms with Crippen LogP contribution in [0.2, 0.25) is 0 Å². The van der Waals surface area contributed by atoms with Gasteiger partial charge in [0.2, 0.25) is 0 Å². The van der Waals surface area contributed by atoms with Gasteiger partial charge >= 0.3 is 6.36 Å². The van der Waals surface area contributed by atoms with Gasteiger partial charge in [-0.3, -0.25) is 9.97 Å². The summed E-state index contributed by atoms with van der Waals surface area (Å²) in [6, 6.07) is 8.92. The summed E-state index contributed by atoms with van der Waals surface area (Å²) >= 11 is 0. The highest BCUT2D eigenvalue weighted by Gasteiger charge is 2.30. The van der Waals surface area contributed by atoms with Crippen LogP contribution in [-0.4, -0.2) is 16.3 Å². The van der Waals surface area contributed by atoms with Gasteiger partial charge in [-0.1, -0.05) is 12.1 Å². The third kappa shape index (κ3) is 2.93. The van der Waals surface area contributed by atoms with Crippen molar-refractivity contribution in [2.45, 2.75) is 6.36 Å². The number of ether oxygens (including phenoxy) is 1. The van der Waals surface area contributed by atoms with Gasteiger partial charge < -0.3 is 10.5 Å². The summed E-state index contributed by atoms with van der Waals surface area (Å²) in [6.07, 6.45) is -1.62. The van der Waals surface area contributed by atoms with Gasteiger partial charge in [0.15, 0.2) is 0 Å². The molecule has 0 spiro atoms. The Balaban J connectivity index is 2.04. The summed E-state index contributed by atoms with van der Waals surface area (Å²) in [5, 5.41) is 0. The summed E-state index contributed by atoms with van der Waals surface area (Å²) in [5.41, 5.74) is 8.95. The lowest BCUT2D eigenvalue weighted by Crippen LogP contribution is -2.16. The zero-order chi connectivity index (χ0) is 15.7. The third-order valence-electron chi connectivity index (χ3n) is 2.99. The lowest BCUT2D eigenvalue weighted by molar-refractivity contribution is -0.274. The highest BCUT2D eigenvalue weighted by Crippen LogP contribution is 2.31. The molecular weight excluding hydrogens is 295 g/mol. The number of nitrogen functional groups attached to an aromatic ring is 1. The first-order valence-corrected chi connectivity index (χ1v) is 6.29. The molecule has 22 heavy (non-hydrogen) atoms. The number of aromatic nitrogens is 2. The summed E-state index contributed by atoms with van der Waals surface area (Å²) in [4.78, 5) is 8.43. The van der Waals surface area contributed by atoms with E-state index in [1.807, 2.05) is 0 Å². The largest absolute Gasteiger partial charge is 0.573 e. The Hall–Kier alpha value is -2.83. The number of nitrogens with zero attached hydrogens (tertiary/aromatic N) is 2. The van der Waals surface area contributed by atoms with Crippen LogP contribution in [0.5, 0.6) is 5.75 Å². The highest BCUT2D eigenvalue weighted by molar-refractivity contribution is 5.94. The minimum Gasteiger partial charge on any atom is -0.406 e. The summed E-state index contributed by atoms with van der Waals surface area (Å²) < 4.78 is 40.4. The second-order valence-electron chi connectivity index (χ2n) is 4.56. The Labute approximate surface area is 123 Å². The summed E-state index contributed by atoms with van der Waals surface area (Å²) in [5.74, 6) is -0.282. The van der Waals surface area contributed by atoms with Crippen LogP contribution < -0.4 is 10.5 Å². The first-order valence-electron chi connectivity index (χ1n) is 6.29. The molecule has 2 aromatic carbocycles. The lowest BCUT2D eigenvalue weighted by Gasteiger charge is -2.10. The number of benzene rings is 2. The molecule has 4 nitrogen and oxygen atoms in total. The van der Waals surface area contributed by atoms with E-state index in [2.05, 4.69) is 14.7 Å². The highest BCUT2D eigenvalue weighted by atomic mass is 19.4. The van der Waals surface area contributed by atoms with Crippen molar-refractivity contribution in [1.82, 2.24) is 9.97 Å². The topological polar surface area (TPSA) is 61.0 Å². The number of nitrogens with two attached hydrogens (primary N) is 1. The first kappa shape index (κ1) is 14.1. The van der Waals surface area contributed by atoms with Crippen LogP contribution in [0.1, 0.15) is 0 Å². The molecule has 1 heterocycles. The van der Waals surface area contributed by atoms with E-state index < -0.39 is 6.36 Å². The number of alkyl halides is 3. The molecule has 0 unspecified atom stereocenters. The van der Waals surface area contributed by atoms with Gasteiger partial charge in [0.05, 0.1) is 11.0 Å². The van der Waals surface area contributed by atoms with Crippen LogP contribution >= 0.6 is 0 Å². The minimum absolute atomic E-state index is 0.282. The Bertz CT molecular complexity index is 816. The molecule has 3 aromatic rings. The molecule has 0 radical (unpaired) electrons. The van der Waals surface area contributed by atoms with Gasteiger partial charge in [-0.05, 0) is 29.8 Å². The molecule has 0 amide bonds. The molecule has 0 bridgehead atoms. The number of hydrogen-bond donors (Lipinski definition) is 1. The fourth-order valence-corrected chi connectivity index (χ4v) is 2.15. The maximum Gasteiger partial charge on any atom is 0.573 e. The average molecular weight is 305 g/mol. The van der Waals surface area contributed by atoms with E-state index >= 15 is 0 Å². The monoisotopic (exact) mass is 305 g/mol. The molecule has 112 valence electrons. The van der Waals surface area contributed by atoms with Crippen LogP contribution in [0.25, 0.3) is 22.2 Å². The van der Waals surface area contributed by atoms with Crippen molar-refractivity contribution >= 4 is 16.7 Å². The smallest absolute Gasteiger partial charge is 0.406 e. The molecule has 2 N–H and O–H groups in total.